The zero-order valence-electron chi connectivity index (χ0n) is 12.9. The Morgan fingerprint density at radius 2 is 2.00 bits per heavy atom. The molecule has 1 N–H and O–H groups in total. The Balaban J connectivity index is 1.51. The van der Waals surface area contributed by atoms with Crippen molar-refractivity contribution in [3.63, 3.8) is 0 Å². The first-order valence-electron chi connectivity index (χ1n) is 7.33. The maximum absolute atomic E-state index is 11.9. The number of thioether (sulfide) groups is 1. The number of aryl methyl sites for hydroxylation is 1. The van der Waals surface area contributed by atoms with Crippen molar-refractivity contribution in [2.75, 3.05) is 5.32 Å². The molecule has 9 heteroatoms. The van der Waals surface area contributed by atoms with Gasteiger partial charge in [-0.1, -0.05) is 52.4 Å². The van der Waals surface area contributed by atoms with Crippen LogP contribution in [-0.2, 0) is 17.0 Å². The number of carbonyl (C=O) groups is 1. The summed E-state index contributed by atoms with van der Waals surface area (Å²) in [5, 5.41) is 12.5. The van der Waals surface area contributed by atoms with Gasteiger partial charge >= 0.3 is 0 Å². The Hall–Kier alpha value is -1.54. The van der Waals surface area contributed by atoms with Crippen molar-refractivity contribution in [3.8, 4) is 0 Å². The number of hydrogen-bond donors (Lipinski definition) is 1. The van der Waals surface area contributed by atoms with E-state index in [9.17, 15) is 4.79 Å². The highest BCUT2D eigenvalue weighted by atomic mass is 35.5. The van der Waals surface area contributed by atoms with Crippen LogP contribution in [0.4, 0.5) is 5.13 Å². The fourth-order valence-corrected chi connectivity index (χ4v) is 4.51. The number of hydrogen-bond acceptors (Lipinski definition) is 6. The first-order chi connectivity index (χ1) is 12.1. The van der Waals surface area contributed by atoms with Crippen LogP contribution in [0.3, 0.4) is 0 Å². The molecule has 0 spiro atoms. The van der Waals surface area contributed by atoms with Crippen LogP contribution in [0.15, 0.2) is 45.4 Å². The van der Waals surface area contributed by atoms with Crippen LogP contribution in [0.1, 0.15) is 17.7 Å². The molecule has 3 aromatic rings. The second-order valence-corrected chi connectivity index (χ2v) is 8.00. The van der Waals surface area contributed by atoms with Gasteiger partial charge in [-0.05, 0) is 29.8 Å². The van der Waals surface area contributed by atoms with Gasteiger partial charge < -0.3 is 9.73 Å². The molecule has 25 heavy (non-hydrogen) atoms. The molecular weight excluding hydrogens is 401 g/mol. The van der Waals surface area contributed by atoms with Gasteiger partial charge in [-0.2, -0.15) is 0 Å². The molecule has 0 saturated heterocycles. The summed E-state index contributed by atoms with van der Waals surface area (Å²) in [6.45, 7) is 0. The second kappa shape index (κ2) is 8.71. The van der Waals surface area contributed by atoms with E-state index >= 15 is 0 Å². The molecule has 3 rings (SSSR count). The molecule has 1 aromatic carbocycles. The molecule has 0 radical (unpaired) electrons. The molecule has 0 aliphatic carbocycles. The summed E-state index contributed by atoms with van der Waals surface area (Å²) in [5.41, 5.74) is 0.857. The third kappa shape index (κ3) is 5.22. The Kier molecular flexibility index (Phi) is 6.36. The lowest BCUT2D eigenvalue weighted by Gasteiger charge is -2.04. The lowest BCUT2D eigenvalue weighted by molar-refractivity contribution is -0.116. The largest absolute Gasteiger partial charge is 0.469 e. The number of nitrogens with zero attached hydrogens (tertiary/aromatic N) is 2. The minimum absolute atomic E-state index is 0.127. The van der Waals surface area contributed by atoms with E-state index in [-0.39, 0.29) is 5.91 Å². The van der Waals surface area contributed by atoms with Crippen molar-refractivity contribution >= 4 is 57.3 Å². The van der Waals surface area contributed by atoms with E-state index in [2.05, 4.69) is 15.5 Å². The molecule has 1 amide bonds. The van der Waals surface area contributed by atoms with Crippen LogP contribution in [-0.4, -0.2) is 16.1 Å². The van der Waals surface area contributed by atoms with Crippen molar-refractivity contribution in [1.29, 1.82) is 0 Å². The molecule has 130 valence electrons. The highest BCUT2D eigenvalue weighted by Gasteiger charge is 2.11. The van der Waals surface area contributed by atoms with Crippen LogP contribution < -0.4 is 5.32 Å². The Labute approximate surface area is 162 Å². The van der Waals surface area contributed by atoms with E-state index in [1.165, 1.54) is 23.1 Å². The van der Waals surface area contributed by atoms with Crippen molar-refractivity contribution < 1.29 is 9.21 Å². The molecule has 5 nitrogen and oxygen atoms in total. The fourth-order valence-electron chi connectivity index (χ4n) is 2.00. The van der Waals surface area contributed by atoms with Gasteiger partial charge in [-0.15, -0.1) is 10.2 Å². The Morgan fingerprint density at radius 1 is 1.20 bits per heavy atom. The predicted molar refractivity (Wildman–Crippen MR) is 102 cm³/mol. The van der Waals surface area contributed by atoms with Gasteiger partial charge in [-0.25, -0.2) is 0 Å². The summed E-state index contributed by atoms with van der Waals surface area (Å²) in [7, 11) is 0. The predicted octanol–water partition coefficient (Wildman–Crippen LogP) is 5.30. The Bertz CT molecular complexity index is 833. The topological polar surface area (TPSA) is 68.0 Å². The monoisotopic (exact) mass is 413 g/mol. The van der Waals surface area contributed by atoms with Crippen LogP contribution in [0.5, 0.6) is 0 Å². The normalized spacial score (nSPS) is 10.8. The third-order valence-electron chi connectivity index (χ3n) is 3.23. The van der Waals surface area contributed by atoms with Gasteiger partial charge in [0.2, 0.25) is 11.0 Å². The number of furan rings is 1. The molecule has 0 fully saturated rings. The zero-order valence-corrected chi connectivity index (χ0v) is 16.0. The summed E-state index contributed by atoms with van der Waals surface area (Å²) in [6, 6.07) is 9.04. The average Bonchev–Trinajstić information content (AvgIpc) is 3.24. The number of aromatic nitrogens is 2. The van der Waals surface area contributed by atoms with Gasteiger partial charge in [-0.3, -0.25) is 4.79 Å². The molecule has 0 atom stereocenters. The SMILES string of the molecule is O=C(CCc1ccco1)Nc1nnc(SCc2c(Cl)cccc2Cl)s1. The van der Waals surface area contributed by atoms with Crippen molar-refractivity contribution in [3.05, 3.63) is 58.0 Å². The summed E-state index contributed by atoms with van der Waals surface area (Å²) in [4.78, 5) is 11.9. The summed E-state index contributed by atoms with van der Waals surface area (Å²) < 4.78 is 5.93. The molecule has 2 aromatic heterocycles. The quantitative estimate of drug-likeness (QED) is 0.420. The van der Waals surface area contributed by atoms with Crippen molar-refractivity contribution in [2.45, 2.75) is 22.9 Å². The summed E-state index contributed by atoms with van der Waals surface area (Å²) >= 11 is 15.1. The maximum Gasteiger partial charge on any atom is 0.226 e. The first kappa shape index (κ1) is 18.3. The number of nitrogens with one attached hydrogen (secondary N) is 1. The highest BCUT2D eigenvalue weighted by Crippen LogP contribution is 2.33. The number of halogens is 2. The number of amides is 1. The van der Waals surface area contributed by atoms with E-state index in [1.807, 2.05) is 6.07 Å². The molecule has 2 heterocycles. The Morgan fingerprint density at radius 3 is 2.72 bits per heavy atom. The van der Waals surface area contributed by atoms with Crippen LogP contribution in [0, 0.1) is 0 Å². The highest BCUT2D eigenvalue weighted by molar-refractivity contribution is 8.00. The lowest BCUT2D eigenvalue weighted by Crippen LogP contribution is -2.11. The maximum atomic E-state index is 11.9. The standard InChI is InChI=1S/C16H13Cl2N3O2S2/c17-12-4-1-5-13(18)11(12)9-24-16-21-20-15(25-16)19-14(22)7-6-10-3-2-8-23-10/h1-5,8H,6-7,9H2,(H,19,20,22). The molecule has 0 saturated carbocycles. The average molecular weight is 414 g/mol. The van der Waals surface area contributed by atoms with Crippen LogP contribution >= 0.6 is 46.3 Å². The van der Waals surface area contributed by atoms with Gasteiger partial charge in [0.25, 0.3) is 0 Å². The minimum atomic E-state index is -0.127. The van der Waals surface area contributed by atoms with Crippen molar-refractivity contribution in [2.24, 2.45) is 0 Å². The number of rotatable bonds is 7. The molecular formula is C16H13Cl2N3O2S2. The third-order valence-corrected chi connectivity index (χ3v) is 5.94. The summed E-state index contributed by atoms with van der Waals surface area (Å²) in [6.07, 6.45) is 2.46. The molecule has 0 aliphatic heterocycles. The molecule has 0 aliphatic rings. The smallest absolute Gasteiger partial charge is 0.226 e. The van der Waals surface area contributed by atoms with E-state index < -0.39 is 0 Å². The van der Waals surface area contributed by atoms with Gasteiger partial charge in [0.1, 0.15) is 5.76 Å². The van der Waals surface area contributed by atoms with E-state index in [0.717, 1.165) is 15.7 Å². The zero-order chi connectivity index (χ0) is 17.6. The van der Waals surface area contributed by atoms with Gasteiger partial charge in [0.15, 0.2) is 4.34 Å². The lowest BCUT2D eigenvalue weighted by atomic mass is 10.2. The van der Waals surface area contributed by atoms with Crippen LogP contribution in [0.2, 0.25) is 10.0 Å². The number of benzene rings is 1. The van der Waals surface area contributed by atoms with Crippen LogP contribution in [0.25, 0.3) is 0 Å². The second-order valence-electron chi connectivity index (χ2n) is 4.99. The number of anilines is 1. The van der Waals surface area contributed by atoms with E-state index in [0.29, 0.717) is 33.8 Å². The van der Waals surface area contributed by atoms with E-state index in [4.69, 9.17) is 27.6 Å². The van der Waals surface area contributed by atoms with Gasteiger partial charge in [0, 0.05) is 28.6 Å². The fraction of sp³-hybridized carbons (Fsp3) is 0.188. The van der Waals surface area contributed by atoms with Crippen molar-refractivity contribution in [1.82, 2.24) is 10.2 Å². The number of carbonyl (C=O) groups excluding carboxylic acids is 1. The molecule has 0 unspecified atom stereocenters. The van der Waals surface area contributed by atoms with E-state index in [1.54, 1.807) is 30.5 Å². The first-order valence-corrected chi connectivity index (χ1v) is 9.89. The minimum Gasteiger partial charge on any atom is -0.469 e. The summed E-state index contributed by atoms with van der Waals surface area (Å²) in [5.74, 6) is 1.23. The molecule has 0 bridgehead atoms. The van der Waals surface area contributed by atoms with Gasteiger partial charge in [0.05, 0.1) is 6.26 Å².